The van der Waals surface area contributed by atoms with Crippen LogP contribution in [0.4, 0.5) is 8.78 Å². The highest BCUT2D eigenvalue weighted by Crippen LogP contribution is 2.27. The van der Waals surface area contributed by atoms with E-state index >= 15 is 0 Å². The zero-order chi connectivity index (χ0) is 17.5. The molecule has 0 saturated carbocycles. The molecule has 6 heteroatoms. The Morgan fingerprint density at radius 3 is 2.35 bits per heavy atom. The summed E-state index contributed by atoms with van der Waals surface area (Å²) >= 11 is 1.36. The van der Waals surface area contributed by atoms with Crippen LogP contribution in [0.25, 0.3) is 0 Å². The first-order chi connectivity index (χ1) is 10.5. The standard InChI is InChI=1S/C17H20F2N2OS/c1-9-7-8-11(18)12(13(9)19)15(22)20-16-21(6)10(2)14(23-16)17(3,4)5/h7-8H,1-6H3/b20-16-. The Labute approximate surface area is 138 Å². The van der Waals surface area contributed by atoms with Crippen LogP contribution in [-0.4, -0.2) is 10.5 Å². The van der Waals surface area contributed by atoms with Gasteiger partial charge in [-0.05, 0) is 30.9 Å². The Kier molecular flexibility index (Phi) is 4.57. The van der Waals surface area contributed by atoms with Crippen LogP contribution in [-0.2, 0) is 12.5 Å². The zero-order valence-electron chi connectivity index (χ0n) is 14.1. The van der Waals surface area contributed by atoms with E-state index in [9.17, 15) is 13.6 Å². The summed E-state index contributed by atoms with van der Waals surface area (Å²) in [7, 11) is 1.79. The predicted octanol–water partition coefficient (Wildman–Crippen LogP) is 4.02. The van der Waals surface area contributed by atoms with E-state index in [4.69, 9.17) is 0 Å². The van der Waals surface area contributed by atoms with Crippen molar-refractivity contribution >= 4 is 17.2 Å². The van der Waals surface area contributed by atoms with Crippen molar-refractivity contribution in [3.63, 3.8) is 0 Å². The number of aromatic nitrogens is 1. The monoisotopic (exact) mass is 338 g/mol. The van der Waals surface area contributed by atoms with Gasteiger partial charge in [0.25, 0.3) is 5.91 Å². The average Bonchev–Trinajstić information content (AvgIpc) is 2.71. The van der Waals surface area contributed by atoms with Crippen molar-refractivity contribution in [2.45, 2.75) is 40.0 Å². The first-order valence-corrected chi connectivity index (χ1v) is 8.06. The van der Waals surface area contributed by atoms with E-state index in [1.165, 1.54) is 24.3 Å². The first-order valence-electron chi connectivity index (χ1n) is 7.24. The van der Waals surface area contributed by atoms with Crippen molar-refractivity contribution < 1.29 is 13.6 Å². The summed E-state index contributed by atoms with van der Waals surface area (Å²) in [5.41, 5.74) is 0.503. The number of carbonyl (C=O) groups is 1. The van der Waals surface area contributed by atoms with Crippen molar-refractivity contribution in [2.24, 2.45) is 12.0 Å². The van der Waals surface area contributed by atoms with Gasteiger partial charge in [0.05, 0.1) is 0 Å². The Hall–Kier alpha value is -1.82. The summed E-state index contributed by atoms with van der Waals surface area (Å²) < 4.78 is 29.7. The summed E-state index contributed by atoms with van der Waals surface area (Å²) in [6, 6.07) is 2.38. The fourth-order valence-electron chi connectivity index (χ4n) is 2.32. The maximum Gasteiger partial charge on any atom is 0.285 e. The highest BCUT2D eigenvalue weighted by Gasteiger charge is 2.22. The minimum atomic E-state index is -0.902. The minimum absolute atomic E-state index is 0.0941. The average molecular weight is 338 g/mol. The van der Waals surface area contributed by atoms with Crippen LogP contribution in [0.5, 0.6) is 0 Å². The molecule has 2 aromatic rings. The van der Waals surface area contributed by atoms with E-state index in [-0.39, 0.29) is 11.0 Å². The van der Waals surface area contributed by atoms with Crippen LogP contribution < -0.4 is 4.80 Å². The predicted molar refractivity (Wildman–Crippen MR) is 87.7 cm³/mol. The third-order valence-electron chi connectivity index (χ3n) is 3.69. The molecule has 23 heavy (non-hydrogen) atoms. The number of thiazole rings is 1. The molecule has 0 radical (unpaired) electrons. The largest absolute Gasteiger partial charge is 0.324 e. The molecule has 0 aliphatic rings. The van der Waals surface area contributed by atoms with Gasteiger partial charge in [-0.1, -0.05) is 26.8 Å². The van der Waals surface area contributed by atoms with E-state index in [1.54, 1.807) is 11.6 Å². The quantitative estimate of drug-likeness (QED) is 0.773. The number of carbonyl (C=O) groups excluding carboxylic acids is 1. The molecule has 1 aromatic heterocycles. The van der Waals surface area contributed by atoms with Gasteiger partial charge in [0.2, 0.25) is 0 Å². The Balaban J connectivity index is 2.61. The van der Waals surface area contributed by atoms with E-state index < -0.39 is 23.1 Å². The lowest BCUT2D eigenvalue weighted by atomic mass is 9.93. The van der Waals surface area contributed by atoms with Crippen molar-refractivity contribution in [3.05, 3.63) is 50.3 Å². The topological polar surface area (TPSA) is 34.4 Å². The molecule has 0 aliphatic heterocycles. The van der Waals surface area contributed by atoms with Crippen LogP contribution in [0.3, 0.4) is 0 Å². The van der Waals surface area contributed by atoms with Crippen LogP contribution in [0.2, 0.25) is 0 Å². The molecule has 0 aliphatic carbocycles. The number of hydrogen-bond donors (Lipinski definition) is 0. The Bertz CT molecular complexity index is 841. The molecule has 2 rings (SSSR count). The molecule has 1 amide bonds. The van der Waals surface area contributed by atoms with Crippen molar-refractivity contribution in [3.8, 4) is 0 Å². The molecular weight excluding hydrogens is 318 g/mol. The number of amides is 1. The van der Waals surface area contributed by atoms with Gasteiger partial charge in [-0.2, -0.15) is 4.99 Å². The van der Waals surface area contributed by atoms with Crippen LogP contribution in [0.1, 0.15) is 47.3 Å². The lowest BCUT2D eigenvalue weighted by Crippen LogP contribution is -2.16. The minimum Gasteiger partial charge on any atom is -0.324 e. The third-order valence-corrected chi connectivity index (χ3v) is 5.35. The SMILES string of the molecule is Cc1ccc(F)c(C(=O)/N=c2\sc(C(C)(C)C)c(C)n2C)c1F. The van der Waals surface area contributed by atoms with Gasteiger partial charge in [0, 0.05) is 17.6 Å². The third kappa shape index (κ3) is 3.27. The van der Waals surface area contributed by atoms with E-state index in [1.807, 2.05) is 6.92 Å². The number of rotatable bonds is 1. The molecule has 0 N–H and O–H groups in total. The van der Waals surface area contributed by atoms with Gasteiger partial charge in [-0.3, -0.25) is 4.79 Å². The van der Waals surface area contributed by atoms with Gasteiger partial charge in [0.1, 0.15) is 17.2 Å². The van der Waals surface area contributed by atoms with Gasteiger partial charge in [0.15, 0.2) is 4.80 Å². The second-order valence-corrected chi connectivity index (χ2v) is 7.56. The normalized spacial score (nSPS) is 12.8. The molecule has 1 aromatic carbocycles. The number of halogens is 2. The van der Waals surface area contributed by atoms with Crippen LogP contribution in [0.15, 0.2) is 17.1 Å². The molecule has 0 atom stereocenters. The second-order valence-electron chi connectivity index (χ2n) is 6.58. The molecule has 1 heterocycles. The maximum atomic E-state index is 14.1. The van der Waals surface area contributed by atoms with Gasteiger partial charge in [-0.25, -0.2) is 8.78 Å². The molecule has 0 bridgehead atoms. The Morgan fingerprint density at radius 1 is 1.22 bits per heavy atom. The number of benzene rings is 1. The van der Waals surface area contributed by atoms with Gasteiger partial charge >= 0.3 is 0 Å². The fourth-order valence-corrected chi connectivity index (χ4v) is 3.49. The fraction of sp³-hybridized carbons (Fsp3) is 0.412. The van der Waals surface area contributed by atoms with E-state index in [2.05, 4.69) is 25.8 Å². The van der Waals surface area contributed by atoms with Gasteiger partial charge < -0.3 is 4.57 Å². The zero-order valence-corrected chi connectivity index (χ0v) is 14.9. The van der Waals surface area contributed by atoms with Crippen molar-refractivity contribution in [2.75, 3.05) is 0 Å². The first kappa shape index (κ1) is 17.5. The van der Waals surface area contributed by atoms with Crippen LogP contribution in [0, 0.1) is 25.5 Å². The van der Waals surface area contributed by atoms with Gasteiger partial charge in [-0.15, -0.1) is 11.3 Å². The summed E-state index contributed by atoms with van der Waals surface area (Å²) in [4.78, 5) is 17.7. The number of hydrogen-bond acceptors (Lipinski definition) is 2. The summed E-state index contributed by atoms with van der Waals surface area (Å²) in [6.07, 6.45) is 0. The van der Waals surface area contributed by atoms with Crippen molar-refractivity contribution in [1.82, 2.24) is 4.57 Å². The Morgan fingerprint density at radius 2 is 1.83 bits per heavy atom. The van der Waals surface area contributed by atoms with E-state index in [0.29, 0.717) is 4.80 Å². The molecule has 0 fully saturated rings. The molecule has 124 valence electrons. The van der Waals surface area contributed by atoms with Crippen LogP contribution >= 0.6 is 11.3 Å². The molecule has 0 saturated heterocycles. The molecular formula is C17H20F2N2OS. The number of aryl methyl sites for hydroxylation is 1. The lowest BCUT2D eigenvalue weighted by molar-refractivity contribution is 0.0989. The summed E-state index contributed by atoms with van der Waals surface area (Å²) in [5, 5.41) is 0. The highest BCUT2D eigenvalue weighted by atomic mass is 32.1. The second kappa shape index (κ2) is 6.00. The summed E-state index contributed by atoms with van der Waals surface area (Å²) in [6.45, 7) is 9.62. The smallest absolute Gasteiger partial charge is 0.285 e. The lowest BCUT2D eigenvalue weighted by Gasteiger charge is -2.17. The highest BCUT2D eigenvalue weighted by molar-refractivity contribution is 7.09. The summed E-state index contributed by atoms with van der Waals surface area (Å²) in [5.74, 6) is -2.65. The maximum absolute atomic E-state index is 14.1. The molecule has 3 nitrogen and oxygen atoms in total. The molecule has 0 unspecified atom stereocenters. The van der Waals surface area contributed by atoms with Crippen molar-refractivity contribution in [1.29, 1.82) is 0 Å². The number of nitrogens with zero attached hydrogens (tertiary/aromatic N) is 2. The molecule has 0 spiro atoms. The van der Waals surface area contributed by atoms with E-state index in [0.717, 1.165) is 16.6 Å².